The Hall–Kier alpha value is -1.88. The monoisotopic (exact) mass is 263 g/mol. The Balaban J connectivity index is 2.23. The largest absolute Gasteiger partial charge is 0.494 e. The Morgan fingerprint density at radius 1 is 1.47 bits per heavy atom. The number of methoxy groups -OCH3 is 1. The van der Waals surface area contributed by atoms with Crippen LogP contribution >= 0.6 is 0 Å². The van der Waals surface area contributed by atoms with E-state index in [-0.39, 0.29) is 17.6 Å². The zero-order chi connectivity index (χ0) is 13.8. The van der Waals surface area contributed by atoms with Crippen LogP contribution in [-0.4, -0.2) is 23.7 Å². The maximum atomic E-state index is 14.1. The van der Waals surface area contributed by atoms with Crippen LogP contribution in [0.3, 0.4) is 0 Å². The molecule has 1 aromatic heterocycles. The third kappa shape index (κ3) is 2.93. The smallest absolute Gasteiger partial charge is 0.168 e. The fourth-order valence-electron chi connectivity index (χ4n) is 2.06. The minimum atomic E-state index is -0.304. The molecule has 1 aromatic carbocycles. The summed E-state index contributed by atoms with van der Waals surface area (Å²) in [6.07, 6.45) is 4.19. The molecule has 19 heavy (non-hydrogen) atoms. The van der Waals surface area contributed by atoms with Crippen LogP contribution in [0.5, 0.6) is 5.75 Å². The van der Waals surface area contributed by atoms with Gasteiger partial charge < -0.3 is 14.6 Å². The topological polar surface area (TPSA) is 39.1 Å². The van der Waals surface area contributed by atoms with Crippen molar-refractivity contribution in [2.75, 3.05) is 14.2 Å². The first kappa shape index (κ1) is 13.5. The van der Waals surface area contributed by atoms with Gasteiger partial charge in [0.25, 0.3) is 0 Å². The molecule has 5 heteroatoms. The zero-order valence-corrected chi connectivity index (χ0v) is 11.4. The summed E-state index contributed by atoms with van der Waals surface area (Å²) in [5, 5.41) is 3.16. The lowest BCUT2D eigenvalue weighted by molar-refractivity contribution is 0.382. The average molecular weight is 263 g/mol. The van der Waals surface area contributed by atoms with Gasteiger partial charge in [-0.25, -0.2) is 9.37 Å². The van der Waals surface area contributed by atoms with Crippen molar-refractivity contribution in [1.29, 1.82) is 0 Å². The van der Waals surface area contributed by atoms with Crippen LogP contribution in [0.1, 0.15) is 17.3 Å². The van der Waals surface area contributed by atoms with Gasteiger partial charge in [-0.3, -0.25) is 0 Å². The predicted octanol–water partition coefficient (Wildman–Crippen LogP) is 2.07. The molecule has 0 aliphatic rings. The van der Waals surface area contributed by atoms with Crippen molar-refractivity contribution in [3.8, 4) is 5.75 Å². The van der Waals surface area contributed by atoms with Crippen LogP contribution in [0, 0.1) is 5.82 Å². The fourth-order valence-corrected chi connectivity index (χ4v) is 2.06. The van der Waals surface area contributed by atoms with E-state index in [1.54, 1.807) is 24.5 Å². The Morgan fingerprint density at radius 3 is 2.84 bits per heavy atom. The molecule has 0 aliphatic heterocycles. The molecule has 0 fully saturated rings. The molecule has 4 nitrogen and oxygen atoms in total. The second kappa shape index (κ2) is 5.84. The van der Waals surface area contributed by atoms with Gasteiger partial charge >= 0.3 is 0 Å². The number of hydrogen-bond donors (Lipinski definition) is 1. The standard InChI is InChI=1S/C14H18FN3O/c1-16-11(12-8-18(2)9-17-12)7-10-5-4-6-13(19-3)14(10)15/h4-6,8-9,11,16H,7H2,1-3H3. The van der Waals surface area contributed by atoms with Gasteiger partial charge in [0.2, 0.25) is 0 Å². The molecule has 2 aromatic rings. The molecular weight excluding hydrogens is 245 g/mol. The Bertz CT molecular complexity index is 553. The summed E-state index contributed by atoms with van der Waals surface area (Å²) in [6.45, 7) is 0. The molecule has 0 bridgehead atoms. The second-order valence-corrected chi connectivity index (χ2v) is 4.44. The lowest BCUT2D eigenvalue weighted by atomic mass is 10.0. The van der Waals surface area contributed by atoms with Crippen molar-refractivity contribution in [2.45, 2.75) is 12.5 Å². The van der Waals surface area contributed by atoms with E-state index in [0.717, 1.165) is 5.69 Å². The summed E-state index contributed by atoms with van der Waals surface area (Å²) in [5.74, 6) is -0.0328. The quantitative estimate of drug-likeness (QED) is 0.897. The predicted molar refractivity (Wildman–Crippen MR) is 71.7 cm³/mol. The van der Waals surface area contributed by atoms with Crippen molar-refractivity contribution in [3.63, 3.8) is 0 Å². The van der Waals surface area contributed by atoms with E-state index in [2.05, 4.69) is 10.3 Å². The average Bonchev–Trinajstić information content (AvgIpc) is 2.84. The van der Waals surface area contributed by atoms with Gasteiger partial charge in [-0.15, -0.1) is 0 Å². The number of rotatable bonds is 5. The Morgan fingerprint density at radius 2 is 2.26 bits per heavy atom. The summed E-state index contributed by atoms with van der Waals surface area (Å²) in [6, 6.07) is 5.16. The normalized spacial score (nSPS) is 12.4. The number of halogens is 1. The fraction of sp³-hybridized carbons (Fsp3) is 0.357. The highest BCUT2D eigenvalue weighted by Crippen LogP contribution is 2.24. The summed E-state index contributed by atoms with van der Waals surface area (Å²) in [4.78, 5) is 4.30. The summed E-state index contributed by atoms with van der Waals surface area (Å²) in [5.41, 5.74) is 1.51. The molecule has 0 saturated carbocycles. The molecule has 0 radical (unpaired) electrons. The van der Waals surface area contributed by atoms with Crippen molar-refractivity contribution in [1.82, 2.24) is 14.9 Å². The second-order valence-electron chi connectivity index (χ2n) is 4.44. The first-order valence-corrected chi connectivity index (χ1v) is 6.12. The highest BCUT2D eigenvalue weighted by Gasteiger charge is 2.16. The lowest BCUT2D eigenvalue weighted by Crippen LogP contribution is -2.19. The van der Waals surface area contributed by atoms with Gasteiger partial charge in [-0.05, 0) is 25.1 Å². The molecule has 1 atom stereocenters. The molecule has 1 unspecified atom stereocenters. The van der Waals surface area contributed by atoms with Crippen molar-refractivity contribution >= 4 is 0 Å². The van der Waals surface area contributed by atoms with Gasteiger partial charge in [0.05, 0.1) is 25.2 Å². The third-order valence-electron chi connectivity index (χ3n) is 3.12. The first-order valence-electron chi connectivity index (χ1n) is 6.12. The lowest BCUT2D eigenvalue weighted by Gasteiger charge is -2.15. The molecule has 1 heterocycles. The molecule has 0 amide bonds. The van der Waals surface area contributed by atoms with Crippen LogP contribution in [-0.2, 0) is 13.5 Å². The Labute approximate surface area is 112 Å². The van der Waals surface area contributed by atoms with Crippen LogP contribution in [0.25, 0.3) is 0 Å². The molecule has 0 spiro atoms. The van der Waals surface area contributed by atoms with E-state index in [1.807, 2.05) is 24.9 Å². The number of imidazole rings is 1. The molecule has 102 valence electrons. The van der Waals surface area contributed by atoms with Crippen molar-refractivity contribution in [3.05, 3.63) is 47.8 Å². The minimum Gasteiger partial charge on any atom is -0.494 e. The molecule has 0 aliphatic carbocycles. The van der Waals surface area contributed by atoms with Crippen LogP contribution < -0.4 is 10.1 Å². The minimum absolute atomic E-state index is 0.0252. The number of nitrogens with one attached hydrogen (secondary N) is 1. The molecular formula is C14H18FN3O. The van der Waals surface area contributed by atoms with E-state index < -0.39 is 0 Å². The van der Waals surface area contributed by atoms with Gasteiger partial charge in [0.1, 0.15) is 0 Å². The van der Waals surface area contributed by atoms with Crippen molar-refractivity contribution in [2.24, 2.45) is 7.05 Å². The van der Waals surface area contributed by atoms with Gasteiger partial charge in [0, 0.05) is 13.2 Å². The number of benzene rings is 1. The van der Waals surface area contributed by atoms with Crippen LogP contribution in [0.15, 0.2) is 30.7 Å². The van der Waals surface area contributed by atoms with Gasteiger partial charge in [-0.2, -0.15) is 0 Å². The number of nitrogens with zero attached hydrogens (tertiary/aromatic N) is 2. The van der Waals surface area contributed by atoms with Crippen LogP contribution in [0.2, 0.25) is 0 Å². The van der Waals surface area contributed by atoms with E-state index in [1.165, 1.54) is 7.11 Å². The van der Waals surface area contributed by atoms with E-state index in [9.17, 15) is 4.39 Å². The summed E-state index contributed by atoms with van der Waals surface area (Å²) >= 11 is 0. The van der Waals surface area contributed by atoms with Gasteiger partial charge in [0.15, 0.2) is 11.6 Å². The highest BCUT2D eigenvalue weighted by molar-refractivity contribution is 5.32. The number of ether oxygens (including phenoxy) is 1. The Kier molecular flexibility index (Phi) is 4.16. The SMILES string of the molecule is CNC(Cc1cccc(OC)c1F)c1cn(C)cn1. The van der Waals surface area contributed by atoms with Crippen LogP contribution in [0.4, 0.5) is 4.39 Å². The summed E-state index contributed by atoms with van der Waals surface area (Å²) in [7, 11) is 5.23. The maximum Gasteiger partial charge on any atom is 0.168 e. The zero-order valence-electron chi connectivity index (χ0n) is 11.4. The van der Waals surface area contributed by atoms with E-state index >= 15 is 0 Å². The molecule has 2 rings (SSSR count). The molecule has 1 N–H and O–H groups in total. The highest BCUT2D eigenvalue weighted by atomic mass is 19.1. The number of hydrogen-bond acceptors (Lipinski definition) is 3. The molecule has 0 saturated heterocycles. The van der Waals surface area contributed by atoms with E-state index in [4.69, 9.17) is 4.74 Å². The van der Waals surface area contributed by atoms with Crippen molar-refractivity contribution < 1.29 is 9.13 Å². The first-order chi connectivity index (χ1) is 9.15. The number of aryl methyl sites for hydroxylation is 1. The number of likely N-dealkylation sites (N-methyl/N-ethyl adjacent to an activating group) is 1. The van der Waals surface area contributed by atoms with E-state index in [0.29, 0.717) is 12.0 Å². The summed E-state index contributed by atoms with van der Waals surface area (Å²) < 4.78 is 21.0. The third-order valence-corrected chi connectivity index (χ3v) is 3.12. The maximum absolute atomic E-state index is 14.1. The number of aromatic nitrogens is 2. The van der Waals surface area contributed by atoms with Gasteiger partial charge in [-0.1, -0.05) is 12.1 Å².